The standard InChI is InChI=1S/C18H20N4O3S/c1-4-16-20-21-18(26-16)19-15(23)10-22-8-7-12-9-13(25-11(2)3)5-6-14(12)17(22)24/h5-9,11H,4,10H2,1-3H3,(H,19,21,23). The van der Waals surface area contributed by atoms with Gasteiger partial charge in [-0.15, -0.1) is 10.2 Å². The van der Waals surface area contributed by atoms with Gasteiger partial charge < -0.3 is 9.30 Å². The van der Waals surface area contributed by atoms with Crippen LogP contribution in [0.2, 0.25) is 0 Å². The van der Waals surface area contributed by atoms with Crippen molar-refractivity contribution >= 4 is 33.1 Å². The number of anilines is 1. The van der Waals surface area contributed by atoms with E-state index in [-0.39, 0.29) is 24.1 Å². The first-order valence-corrected chi connectivity index (χ1v) is 9.20. The molecule has 8 heteroatoms. The molecule has 0 radical (unpaired) electrons. The Morgan fingerprint density at radius 1 is 1.31 bits per heavy atom. The van der Waals surface area contributed by atoms with Crippen molar-refractivity contribution in [3.05, 3.63) is 45.8 Å². The molecule has 0 unspecified atom stereocenters. The molecule has 0 spiro atoms. The summed E-state index contributed by atoms with van der Waals surface area (Å²) in [6.07, 6.45) is 2.44. The molecule has 0 saturated heterocycles. The van der Waals surface area contributed by atoms with Gasteiger partial charge in [-0.2, -0.15) is 0 Å². The highest BCUT2D eigenvalue weighted by atomic mass is 32.1. The van der Waals surface area contributed by atoms with Gasteiger partial charge in [-0.05, 0) is 49.9 Å². The Labute approximate surface area is 154 Å². The van der Waals surface area contributed by atoms with Gasteiger partial charge in [0, 0.05) is 11.6 Å². The lowest BCUT2D eigenvalue weighted by molar-refractivity contribution is -0.116. The highest BCUT2D eigenvalue weighted by Crippen LogP contribution is 2.19. The largest absolute Gasteiger partial charge is 0.491 e. The Morgan fingerprint density at radius 2 is 2.12 bits per heavy atom. The van der Waals surface area contributed by atoms with E-state index in [1.807, 2.05) is 26.8 Å². The number of aryl methyl sites for hydroxylation is 1. The second kappa shape index (κ2) is 7.65. The number of hydrogen-bond acceptors (Lipinski definition) is 6. The van der Waals surface area contributed by atoms with E-state index in [1.165, 1.54) is 15.9 Å². The molecular weight excluding hydrogens is 352 g/mol. The predicted molar refractivity (Wildman–Crippen MR) is 102 cm³/mol. The third-order valence-corrected chi connectivity index (χ3v) is 4.63. The molecule has 0 atom stereocenters. The average Bonchev–Trinajstić information content (AvgIpc) is 3.04. The number of rotatable bonds is 6. The Bertz CT molecular complexity index is 994. The van der Waals surface area contributed by atoms with E-state index in [0.29, 0.717) is 16.3 Å². The van der Waals surface area contributed by atoms with E-state index in [9.17, 15) is 9.59 Å². The summed E-state index contributed by atoms with van der Waals surface area (Å²) >= 11 is 1.33. The summed E-state index contributed by atoms with van der Waals surface area (Å²) in [4.78, 5) is 24.8. The summed E-state index contributed by atoms with van der Waals surface area (Å²) < 4.78 is 7.03. The molecule has 1 aromatic carbocycles. The number of amides is 1. The predicted octanol–water partition coefficient (Wildman–Crippen LogP) is 2.84. The number of benzene rings is 1. The van der Waals surface area contributed by atoms with Crippen molar-refractivity contribution in [3.8, 4) is 5.75 Å². The van der Waals surface area contributed by atoms with Gasteiger partial charge in [-0.25, -0.2) is 0 Å². The number of carbonyl (C=O) groups excluding carboxylic acids is 1. The summed E-state index contributed by atoms with van der Waals surface area (Å²) in [5.41, 5.74) is -0.222. The van der Waals surface area contributed by atoms with Crippen molar-refractivity contribution in [1.29, 1.82) is 0 Å². The molecule has 3 aromatic rings. The molecule has 0 aliphatic rings. The number of nitrogens with one attached hydrogen (secondary N) is 1. The third kappa shape index (κ3) is 4.08. The number of carbonyl (C=O) groups is 1. The van der Waals surface area contributed by atoms with E-state index in [2.05, 4.69) is 15.5 Å². The molecule has 0 aliphatic carbocycles. The van der Waals surface area contributed by atoms with Crippen LogP contribution in [0.15, 0.2) is 35.3 Å². The molecule has 2 aromatic heterocycles. The monoisotopic (exact) mass is 372 g/mol. The van der Waals surface area contributed by atoms with Gasteiger partial charge in [0.1, 0.15) is 17.3 Å². The number of aromatic nitrogens is 3. The summed E-state index contributed by atoms with van der Waals surface area (Å²) in [5.74, 6) is 0.399. The van der Waals surface area contributed by atoms with Crippen LogP contribution in [0.4, 0.5) is 5.13 Å². The number of nitrogens with zero attached hydrogens (tertiary/aromatic N) is 3. The average molecular weight is 372 g/mol. The summed E-state index contributed by atoms with van der Waals surface area (Å²) in [7, 11) is 0. The van der Waals surface area contributed by atoms with E-state index in [0.717, 1.165) is 16.8 Å². The summed E-state index contributed by atoms with van der Waals surface area (Å²) in [6.45, 7) is 5.78. The molecule has 2 heterocycles. The summed E-state index contributed by atoms with van der Waals surface area (Å²) in [5, 5.41) is 13.2. The minimum absolute atomic E-state index is 0.0603. The van der Waals surface area contributed by atoms with Crippen molar-refractivity contribution in [2.45, 2.75) is 39.8 Å². The first kappa shape index (κ1) is 18.1. The Kier molecular flexibility index (Phi) is 5.32. The van der Waals surface area contributed by atoms with Gasteiger partial charge in [0.05, 0.1) is 6.10 Å². The maximum absolute atomic E-state index is 12.6. The normalized spacial score (nSPS) is 11.1. The molecule has 0 bridgehead atoms. The lowest BCUT2D eigenvalue weighted by Gasteiger charge is -2.11. The Balaban J connectivity index is 1.78. The second-order valence-corrected chi connectivity index (χ2v) is 7.13. The second-order valence-electron chi connectivity index (χ2n) is 6.07. The van der Waals surface area contributed by atoms with Crippen molar-refractivity contribution in [2.75, 3.05) is 5.32 Å². The van der Waals surface area contributed by atoms with Gasteiger partial charge in [0.25, 0.3) is 5.56 Å². The maximum atomic E-state index is 12.6. The number of fused-ring (bicyclic) bond motifs is 1. The molecule has 0 saturated carbocycles. The molecule has 26 heavy (non-hydrogen) atoms. The zero-order valence-electron chi connectivity index (χ0n) is 14.9. The molecule has 7 nitrogen and oxygen atoms in total. The van der Waals surface area contributed by atoms with E-state index >= 15 is 0 Å². The molecule has 3 rings (SSSR count). The Morgan fingerprint density at radius 3 is 2.81 bits per heavy atom. The van der Waals surface area contributed by atoms with Crippen LogP contribution < -0.4 is 15.6 Å². The van der Waals surface area contributed by atoms with Crippen LogP contribution in [0.3, 0.4) is 0 Å². The van der Waals surface area contributed by atoms with Crippen LogP contribution in [0, 0.1) is 0 Å². The van der Waals surface area contributed by atoms with Crippen LogP contribution in [0.5, 0.6) is 5.75 Å². The van der Waals surface area contributed by atoms with E-state index in [4.69, 9.17) is 4.74 Å². The number of pyridine rings is 1. The topological polar surface area (TPSA) is 86.1 Å². The van der Waals surface area contributed by atoms with Crippen LogP contribution in [0.25, 0.3) is 10.8 Å². The van der Waals surface area contributed by atoms with Gasteiger partial charge in [-0.3, -0.25) is 14.9 Å². The van der Waals surface area contributed by atoms with Crippen molar-refractivity contribution < 1.29 is 9.53 Å². The zero-order chi connectivity index (χ0) is 18.7. The number of hydrogen-bond donors (Lipinski definition) is 1. The Hall–Kier alpha value is -2.74. The maximum Gasteiger partial charge on any atom is 0.258 e. The number of ether oxygens (including phenoxy) is 1. The SMILES string of the molecule is CCc1nnc(NC(=O)Cn2ccc3cc(OC(C)C)ccc3c2=O)s1. The quantitative estimate of drug-likeness (QED) is 0.719. The summed E-state index contributed by atoms with van der Waals surface area (Å²) in [6, 6.07) is 7.12. The van der Waals surface area contributed by atoms with Crippen molar-refractivity contribution in [3.63, 3.8) is 0 Å². The van der Waals surface area contributed by atoms with Gasteiger partial charge in [-0.1, -0.05) is 18.3 Å². The molecule has 1 N–H and O–H groups in total. The van der Waals surface area contributed by atoms with Crippen molar-refractivity contribution in [1.82, 2.24) is 14.8 Å². The fraction of sp³-hybridized carbons (Fsp3) is 0.333. The molecular formula is C18H20N4O3S. The minimum atomic E-state index is -0.315. The highest BCUT2D eigenvalue weighted by Gasteiger charge is 2.11. The molecule has 0 aliphatic heterocycles. The lowest BCUT2D eigenvalue weighted by atomic mass is 10.1. The van der Waals surface area contributed by atoms with Gasteiger partial charge >= 0.3 is 0 Å². The zero-order valence-corrected chi connectivity index (χ0v) is 15.7. The minimum Gasteiger partial charge on any atom is -0.491 e. The smallest absolute Gasteiger partial charge is 0.258 e. The lowest BCUT2D eigenvalue weighted by Crippen LogP contribution is -2.27. The van der Waals surface area contributed by atoms with Crippen LogP contribution in [-0.2, 0) is 17.8 Å². The fourth-order valence-corrected chi connectivity index (χ4v) is 3.19. The van der Waals surface area contributed by atoms with Crippen LogP contribution >= 0.6 is 11.3 Å². The molecule has 0 fully saturated rings. The first-order chi connectivity index (χ1) is 12.5. The van der Waals surface area contributed by atoms with Gasteiger partial charge in [0.15, 0.2) is 0 Å². The van der Waals surface area contributed by atoms with Crippen LogP contribution in [-0.4, -0.2) is 26.8 Å². The van der Waals surface area contributed by atoms with Crippen LogP contribution in [0.1, 0.15) is 25.8 Å². The third-order valence-electron chi connectivity index (χ3n) is 3.65. The fourth-order valence-electron chi connectivity index (χ4n) is 2.50. The molecule has 1 amide bonds. The molecule has 136 valence electrons. The highest BCUT2D eigenvalue weighted by molar-refractivity contribution is 7.15. The van der Waals surface area contributed by atoms with Crippen molar-refractivity contribution in [2.24, 2.45) is 0 Å². The first-order valence-electron chi connectivity index (χ1n) is 8.38. The van der Waals surface area contributed by atoms with E-state index < -0.39 is 0 Å². The van der Waals surface area contributed by atoms with Gasteiger partial charge in [0.2, 0.25) is 11.0 Å². The van der Waals surface area contributed by atoms with E-state index in [1.54, 1.807) is 24.4 Å².